The molecule has 0 spiro atoms. The maximum Gasteiger partial charge on any atom is 0.239 e. The molecule has 0 unspecified atom stereocenters. The van der Waals surface area contributed by atoms with Crippen LogP contribution in [0.1, 0.15) is 25.0 Å². The predicted octanol–water partition coefficient (Wildman–Crippen LogP) is 1.68. The molecule has 23 heavy (non-hydrogen) atoms. The Morgan fingerprint density at radius 1 is 1.26 bits per heavy atom. The third-order valence-corrected chi connectivity index (χ3v) is 4.99. The number of carbonyl (C=O) groups is 2. The second-order valence-electron chi connectivity index (χ2n) is 5.58. The highest BCUT2D eigenvalue weighted by molar-refractivity contribution is 8.00. The molecule has 1 aliphatic heterocycles. The van der Waals surface area contributed by atoms with Gasteiger partial charge in [0.15, 0.2) is 0 Å². The summed E-state index contributed by atoms with van der Waals surface area (Å²) < 4.78 is 0. The summed E-state index contributed by atoms with van der Waals surface area (Å²) in [5.74, 6) is 1.05. The van der Waals surface area contributed by atoms with Crippen LogP contribution in [0.4, 0.5) is 0 Å². The molecule has 1 fully saturated rings. The van der Waals surface area contributed by atoms with Gasteiger partial charge < -0.3 is 10.2 Å². The number of nitrogens with one attached hydrogen (secondary N) is 1. The summed E-state index contributed by atoms with van der Waals surface area (Å²) in [4.78, 5) is 27.5. The van der Waals surface area contributed by atoms with Gasteiger partial charge in [-0.25, -0.2) is 0 Å². The van der Waals surface area contributed by atoms with Gasteiger partial charge in [0.2, 0.25) is 11.8 Å². The molecular weight excluding hydrogens is 310 g/mol. The van der Waals surface area contributed by atoms with Crippen LogP contribution in [-0.4, -0.2) is 52.9 Å². The first-order valence-electron chi connectivity index (χ1n) is 8.05. The van der Waals surface area contributed by atoms with Gasteiger partial charge in [-0.2, -0.15) is 0 Å². The highest BCUT2D eigenvalue weighted by Gasteiger charge is 2.22. The highest BCUT2D eigenvalue weighted by Crippen LogP contribution is 2.14. The molecule has 1 N–H and O–H groups in total. The molecule has 1 aliphatic rings. The standard InChI is InChI=1S/C17H25N3O2S/c1-3-19(4-2)10-15-8-6-5-7-14(15)9-18-16(21)11-20-13-23-12-17(20)22/h5-8H,3-4,9-13H2,1-2H3,(H,18,21). The molecule has 0 aromatic heterocycles. The van der Waals surface area contributed by atoms with E-state index in [0.29, 0.717) is 18.2 Å². The molecule has 126 valence electrons. The van der Waals surface area contributed by atoms with Gasteiger partial charge in [0, 0.05) is 13.1 Å². The van der Waals surface area contributed by atoms with Crippen LogP contribution in [0, 0.1) is 0 Å². The van der Waals surface area contributed by atoms with E-state index in [-0.39, 0.29) is 18.4 Å². The maximum atomic E-state index is 12.0. The van der Waals surface area contributed by atoms with Crippen molar-refractivity contribution in [1.29, 1.82) is 0 Å². The summed E-state index contributed by atoms with van der Waals surface area (Å²) in [7, 11) is 0. The van der Waals surface area contributed by atoms with Crippen molar-refractivity contribution in [3.8, 4) is 0 Å². The lowest BCUT2D eigenvalue weighted by atomic mass is 10.1. The Hall–Kier alpha value is -1.53. The lowest BCUT2D eigenvalue weighted by Gasteiger charge is -2.20. The van der Waals surface area contributed by atoms with Crippen molar-refractivity contribution in [2.75, 3.05) is 31.3 Å². The molecule has 0 aliphatic carbocycles. The van der Waals surface area contributed by atoms with E-state index in [1.165, 1.54) is 5.56 Å². The number of benzene rings is 1. The van der Waals surface area contributed by atoms with Gasteiger partial charge in [0.25, 0.3) is 0 Å². The van der Waals surface area contributed by atoms with Crippen molar-refractivity contribution in [2.24, 2.45) is 0 Å². The van der Waals surface area contributed by atoms with E-state index in [4.69, 9.17) is 0 Å². The number of nitrogens with zero attached hydrogens (tertiary/aromatic N) is 2. The second-order valence-corrected chi connectivity index (χ2v) is 6.53. The number of amides is 2. The second kappa shape index (κ2) is 8.93. The normalized spacial score (nSPS) is 14.6. The molecular formula is C17H25N3O2S. The average molecular weight is 335 g/mol. The summed E-state index contributed by atoms with van der Waals surface area (Å²) in [5.41, 5.74) is 2.37. The molecule has 0 radical (unpaired) electrons. The van der Waals surface area contributed by atoms with Gasteiger partial charge in [-0.1, -0.05) is 38.1 Å². The van der Waals surface area contributed by atoms with Crippen molar-refractivity contribution in [1.82, 2.24) is 15.1 Å². The van der Waals surface area contributed by atoms with Crippen molar-refractivity contribution in [2.45, 2.75) is 26.9 Å². The van der Waals surface area contributed by atoms with Crippen LogP contribution in [0.25, 0.3) is 0 Å². The van der Waals surface area contributed by atoms with Gasteiger partial charge in [0.05, 0.1) is 11.6 Å². The Balaban J connectivity index is 1.89. The van der Waals surface area contributed by atoms with Crippen LogP contribution in [0.5, 0.6) is 0 Å². The Labute approximate surface area is 142 Å². The van der Waals surface area contributed by atoms with E-state index >= 15 is 0 Å². The Morgan fingerprint density at radius 3 is 2.57 bits per heavy atom. The van der Waals surface area contributed by atoms with Crippen molar-refractivity contribution in [3.63, 3.8) is 0 Å². The largest absolute Gasteiger partial charge is 0.350 e. The molecule has 1 saturated heterocycles. The first-order chi connectivity index (χ1) is 11.1. The zero-order valence-corrected chi connectivity index (χ0v) is 14.7. The van der Waals surface area contributed by atoms with Crippen LogP contribution in [0.2, 0.25) is 0 Å². The van der Waals surface area contributed by atoms with E-state index in [0.717, 1.165) is 25.2 Å². The lowest BCUT2D eigenvalue weighted by molar-refractivity contribution is -0.132. The fraction of sp³-hybridized carbons (Fsp3) is 0.529. The number of hydrogen-bond acceptors (Lipinski definition) is 4. The zero-order valence-electron chi connectivity index (χ0n) is 13.9. The molecule has 6 heteroatoms. The number of carbonyl (C=O) groups excluding carboxylic acids is 2. The molecule has 0 atom stereocenters. The fourth-order valence-corrected chi connectivity index (χ4v) is 3.44. The van der Waals surface area contributed by atoms with E-state index in [2.05, 4.69) is 36.2 Å². The Morgan fingerprint density at radius 2 is 1.96 bits per heavy atom. The summed E-state index contributed by atoms with van der Waals surface area (Å²) in [6, 6.07) is 8.19. The fourth-order valence-electron chi connectivity index (χ4n) is 2.54. The van der Waals surface area contributed by atoms with Gasteiger partial charge in [-0.05, 0) is 24.2 Å². The van der Waals surface area contributed by atoms with Gasteiger partial charge in [0.1, 0.15) is 6.54 Å². The first kappa shape index (κ1) is 17.8. The Bertz CT molecular complexity index is 546. The van der Waals surface area contributed by atoms with Crippen molar-refractivity contribution < 1.29 is 9.59 Å². The smallest absolute Gasteiger partial charge is 0.239 e. The molecule has 1 aromatic rings. The van der Waals surface area contributed by atoms with E-state index < -0.39 is 0 Å². The van der Waals surface area contributed by atoms with Crippen molar-refractivity contribution in [3.05, 3.63) is 35.4 Å². The van der Waals surface area contributed by atoms with Gasteiger partial charge in [-0.3, -0.25) is 14.5 Å². The topological polar surface area (TPSA) is 52.7 Å². The monoisotopic (exact) mass is 335 g/mol. The van der Waals surface area contributed by atoms with Crippen LogP contribution < -0.4 is 5.32 Å². The summed E-state index contributed by atoms with van der Waals surface area (Å²) >= 11 is 1.55. The quantitative estimate of drug-likeness (QED) is 0.785. The van der Waals surface area contributed by atoms with Gasteiger partial charge >= 0.3 is 0 Å². The van der Waals surface area contributed by atoms with Gasteiger partial charge in [-0.15, -0.1) is 11.8 Å². The Kier molecular flexibility index (Phi) is 6.92. The van der Waals surface area contributed by atoms with Crippen LogP contribution in [-0.2, 0) is 22.7 Å². The third-order valence-electron chi connectivity index (χ3n) is 4.04. The minimum absolute atomic E-state index is 0.0482. The summed E-state index contributed by atoms with van der Waals surface area (Å²) in [6.07, 6.45) is 0. The molecule has 2 amide bonds. The highest BCUT2D eigenvalue weighted by atomic mass is 32.2. The predicted molar refractivity (Wildman–Crippen MR) is 94.0 cm³/mol. The zero-order chi connectivity index (χ0) is 16.7. The van der Waals surface area contributed by atoms with Crippen LogP contribution in [0.15, 0.2) is 24.3 Å². The molecule has 1 aromatic carbocycles. The van der Waals surface area contributed by atoms with Crippen LogP contribution in [0.3, 0.4) is 0 Å². The lowest BCUT2D eigenvalue weighted by Crippen LogP contribution is -2.38. The van der Waals surface area contributed by atoms with E-state index in [1.54, 1.807) is 16.7 Å². The molecule has 1 heterocycles. The number of thioether (sulfide) groups is 1. The summed E-state index contributed by atoms with van der Waals surface area (Å²) in [6.45, 7) is 7.87. The maximum absolute atomic E-state index is 12.0. The first-order valence-corrected chi connectivity index (χ1v) is 9.20. The summed E-state index contributed by atoms with van der Waals surface area (Å²) in [5, 5.41) is 2.94. The van der Waals surface area contributed by atoms with E-state index in [1.807, 2.05) is 12.1 Å². The number of rotatable bonds is 8. The minimum atomic E-state index is -0.0986. The average Bonchev–Trinajstić information content (AvgIpc) is 2.96. The van der Waals surface area contributed by atoms with E-state index in [9.17, 15) is 9.59 Å². The number of hydrogen-bond donors (Lipinski definition) is 1. The third kappa shape index (κ3) is 5.25. The molecule has 5 nitrogen and oxygen atoms in total. The van der Waals surface area contributed by atoms with Crippen LogP contribution >= 0.6 is 11.8 Å². The SMILES string of the molecule is CCN(CC)Cc1ccccc1CNC(=O)CN1CSCC1=O. The molecule has 0 saturated carbocycles. The molecule has 0 bridgehead atoms. The molecule has 2 rings (SSSR count). The van der Waals surface area contributed by atoms with Crippen molar-refractivity contribution >= 4 is 23.6 Å². The minimum Gasteiger partial charge on any atom is -0.350 e.